The first-order valence-corrected chi connectivity index (χ1v) is 10.4. The molecule has 0 saturated carbocycles. The molecule has 0 bridgehead atoms. The highest BCUT2D eigenvalue weighted by Crippen LogP contribution is 2.18. The van der Waals surface area contributed by atoms with Crippen LogP contribution in [0.25, 0.3) is 0 Å². The van der Waals surface area contributed by atoms with Gasteiger partial charge in [-0.05, 0) is 23.3 Å². The number of rotatable bonds is 9. The molecule has 0 saturated heterocycles. The van der Waals surface area contributed by atoms with Gasteiger partial charge in [0.2, 0.25) is 0 Å². The van der Waals surface area contributed by atoms with Gasteiger partial charge in [0.05, 0.1) is 0 Å². The van der Waals surface area contributed by atoms with Crippen LogP contribution in [0.2, 0.25) is 0 Å². The van der Waals surface area contributed by atoms with E-state index in [4.69, 9.17) is 4.74 Å². The second-order valence-electron chi connectivity index (χ2n) is 7.75. The van der Waals surface area contributed by atoms with Gasteiger partial charge < -0.3 is 25.0 Å². The Bertz CT molecular complexity index is 1070. The van der Waals surface area contributed by atoms with E-state index in [1.807, 2.05) is 42.3 Å². The molecular weight excluding hydrogens is 422 g/mol. The van der Waals surface area contributed by atoms with Crippen LogP contribution in [0.3, 0.4) is 0 Å². The Balaban J connectivity index is 1.65. The van der Waals surface area contributed by atoms with Gasteiger partial charge in [-0.2, -0.15) is 0 Å². The fourth-order valence-corrected chi connectivity index (χ4v) is 3.07. The smallest absolute Gasteiger partial charge is 0.414 e. The molecule has 2 aromatic carbocycles. The number of ether oxygens (including phenoxy) is 1. The molecule has 3 rings (SSSR count). The second kappa shape index (κ2) is 10.9. The van der Waals surface area contributed by atoms with Crippen molar-refractivity contribution in [3.63, 3.8) is 0 Å². The lowest BCUT2D eigenvalue weighted by Gasteiger charge is -2.20. The third-order valence-corrected chi connectivity index (χ3v) is 4.86. The van der Waals surface area contributed by atoms with Crippen molar-refractivity contribution in [2.75, 3.05) is 31.4 Å². The van der Waals surface area contributed by atoms with Gasteiger partial charge in [0.1, 0.15) is 29.8 Å². The van der Waals surface area contributed by atoms with Crippen LogP contribution < -0.4 is 15.0 Å². The molecule has 0 unspecified atom stereocenters. The SMILES string of the molecule is CN(C)C(=O)Oc1ccc(C[C@H](Nc2cc(N(C)Cc3ccccc3)ncn2)C(=O)O)cc1. The Morgan fingerprint density at radius 1 is 1.00 bits per heavy atom. The fraction of sp³-hybridized carbons (Fsp3) is 0.250. The predicted molar refractivity (Wildman–Crippen MR) is 125 cm³/mol. The Labute approximate surface area is 192 Å². The van der Waals surface area contributed by atoms with Crippen molar-refractivity contribution in [1.82, 2.24) is 14.9 Å². The van der Waals surface area contributed by atoms with E-state index in [2.05, 4.69) is 15.3 Å². The number of amides is 1. The molecule has 1 heterocycles. The third-order valence-electron chi connectivity index (χ3n) is 4.86. The lowest BCUT2D eigenvalue weighted by Crippen LogP contribution is -2.32. The van der Waals surface area contributed by atoms with Crippen molar-refractivity contribution in [2.45, 2.75) is 19.0 Å². The number of benzene rings is 2. The largest absolute Gasteiger partial charge is 0.480 e. The first-order valence-electron chi connectivity index (χ1n) is 10.4. The minimum atomic E-state index is -1.00. The summed E-state index contributed by atoms with van der Waals surface area (Å²) >= 11 is 0. The van der Waals surface area contributed by atoms with Gasteiger partial charge >= 0.3 is 12.1 Å². The molecule has 0 radical (unpaired) electrons. The summed E-state index contributed by atoms with van der Waals surface area (Å²) in [5.41, 5.74) is 1.91. The van der Waals surface area contributed by atoms with E-state index in [9.17, 15) is 14.7 Å². The van der Waals surface area contributed by atoms with Crippen LogP contribution in [0, 0.1) is 0 Å². The molecule has 0 aliphatic heterocycles. The van der Waals surface area contributed by atoms with Crippen molar-refractivity contribution in [2.24, 2.45) is 0 Å². The average Bonchev–Trinajstić information content (AvgIpc) is 2.80. The highest BCUT2D eigenvalue weighted by atomic mass is 16.6. The number of carbonyl (C=O) groups is 2. The molecule has 0 spiro atoms. The van der Waals surface area contributed by atoms with Gasteiger partial charge in [-0.3, -0.25) is 0 Å². The molecule has 172 valence electrons. The molecule has 3 aromatic rings. The minimum absolute atomic E-state index is 0.219. The highest BCUT2D eigenvalue weighted by molar-refractivity contribution is 5.77. The number of nitrogens with one attached hydrogen (secondary N) is 1. The molecular formula is C24H27N5O4. The zero-order valence-electron chi connectivity index (χ0n) is 18.8. The maximum atomic E-state index is 11.9. The summed E-state index contributed by atoms with van der Waals surface area (Å²) < 4.78 is 5.19. The minimum Gasteiger partial charge on any atom is -0.480 e. The summed E-state index contributed by atoms with van der Waals surface area (Å²) in [7, 11) is 5.11. The van der Waals surface area contributed by atoms with Crippen LogP contribution in [0.1, 0.15) is 11.1 Å². The number of carbonyl (C=O) groups excluding carboxylic acids is 1. The van der Waals surface area contributed by atoms with Gasteiger partial charge in [0.25, 0.3) is 0 Å². The number of hydrogen-bond donors (Lipinski definition) is 2. The molecule has 1 amide bonds. The molecule has 0 aliphatic carbocycles. The third kappa shape index (κ3) is 6.93. The van der Waals surface area contributed by atoms with E-state index in [-0.39, 0.29) is 6.42 Å². The van der Waals surface area contributed by atoms with E-state index in [1.54, 1.807) is 44.4 Å². The second-order valence-corrected chi connectivity index (χ2v) is 7.75. The van der Waals surface area contributed by atoms with Crippen LogP contribution in [0.4, 0.5) is 16.4 Å². The summed E-state index contributed by atoms with van der Waals surface area (Å²) in [5, 5.41) is 12.7. The Morgan fingerprint density at radius 2 is 1.70 bits per heavy atom. The van der Waals surface area contributed by atoms with Crippen LogP contribution >= 0.6 is 0 Å². The molecule has 1 atom stereocenters. The maximum Gasteiger partial charge on any atom is 0.414 e. The number of aliphatic carboxylic acids is 1. The van der Waals surface area contributed by atoms with Gasteiger partial charge in [0, 0.05) is 40.2 Å². The monoisotopic (exact) mass is 449 g/mol. The van der Waals surface area contributed by atoms with E-state index in [0.717, 1.165) is 11.1 Å². The molecule has 1 aromatic heterocycles. The average molecular weight is 450 g/mol. The lowest BCUT2D eigenvalue weighted by molar-refractivity contribution is -0.137. The molecule has 9 nitrogen and oxygen atoms in total. The van der Waals surface area contributed by atoms with Gasteiger partial charge in [-0.1, -0.05) is 42.5 Å². The summed E-state index contributed by atoms with van der Waals surface area (Å²) in [6.07, 6.45) is 1.15. The fourth-order valence-electron chi connectivity index (χ4n) is 3.07. The maximum absolute atomic E-state index is 11.9. The van der Waals surface area contributed by atoms with E-state index >= 15 is 0 Å². The van der Waals surface area contributed by atoms with Crippen LogP contribution in [-0.2, 0) is 17.8 Å². The Morgan fingerprint density at radius 3 is 2.33 bits per heavy atom. The summed E-state index contributed by atoms with van der Waals surface area (Å²) in [6.45, 7) is 0.657. The summed E-state index contributed by atoms with van der Waals surface area (Å²) in [4.78, 5) is 35.3. The Hall–Kier alpha value is -4.14. The van der Waals surface area contributed by atoms with E-state index < -0.39 is 18.1 Å². The predicted octanol–water partition coefficient (Wildman–Crippen LogP) is 3.28. The number of anilines is 2. The van der Waals surface area contributed by atoms with Crippen LogP contribution in [0.15, 0.2) is 67.0 Å². The van der Waals surface area contributed by atoms with Crippen molar-refractivity contribution in [3.8, 4) is 5.75 Å². The number of carboxylic acids is 1. The number of hydrogen-bond acceptors (Lipinski definition) is 7. The van der Waals surface area contributed by atoms with Crippen LogP contribution in [0.5, 0.6) is 5.75 Å². The molecule has 0 aliphatic rings. The summed E-state index contributed by atoms with van der Waals surface area (Å²) in [5.74, 6) is 0.478. The first-order chi connectivity index (χ1) is 15.8. The van der Waals surface area contributed by atoms with Gasteiger partial charge in [0.15, 0.2) is 0 Å². The highest BCUT2D eigenvalue weighted by Gasteiger charge is 2.19. The molecule has 0 fully saturated rings. The van der Waals surface area contributed by atoms with E-state index in [1.165, 1.54) is 11.2 Å². The molecule has 33 heavy (non-hydrogen) atoms. The van der Waals surface area contributed by atoms with Crippen molar-refractivity contribution < 1.29 is 19.4 Å². The van der Waals surface area contributed by atoms with Crippen LogP contribution in [-0.4, -0.2) is 59.2 Å². The van der Waals surface area contributed by atoms with Gasteiger partial charge in [-0.15, -0.1) is 0 Å². The number of nitrogens with zero attached hydrogens (tertiary/aromatic N) is 4. The van der Waals surface area contributed by atoms with E-state index in [0.29, 0.717) is 23.9 Å². The van der Waals surface area contributed by atoms with Gasteiger partial charge in [-0.25, -0.2) is 19.6 Å². The van der Waals surface area contributed by atoms with Crippen molar-refractivity contribution >= 4 is 23.7 Å². The zero-order valence-corrected chi connectivity index (χ0v) is 18.8. The van der Waals surface area contributed by atoms with Crippen molar-refractivity contribution in [1.29, 1.82) is 0 Å². The topological polar surface area (TPSA) is 108 Å². The standard InChI is InChI=1S/C24H27N5O4/c1-28(2)24(32)33-19-11-9-17(10-12-19)13-20(23(30)31)27-21-14-22(26-16-25-21)29(3)15-18-7-5-4-6-8-18/h4-12,14,16,20H,13,15H2,1-3H3,(H,30,31)(H,25,26,27)/t20-/m0/s1. The summed E-state index contributed by atoms with van der Waals surface area (Å²) in [6, 6.07) is 17.5. The Kier molecular flexibility index (Phi) is 7.80. The first kappa shape index (κ1) is 23.5. The number of aromatic nitrogens is 2. The lowest BCUT2D eigenvalue weighted by atomic mass is 10.1. The number of carboxylic acid groups (broad SMARTS) is 1. The molecule has 9 heteroatoms. The molecule has 2 N–H and O–H groups in total. The normalized spacial score (nSPS) is 11.4. The van der Waals surface area contributed by atoms with Crippen molar-refractivity contribution in [3.05, 3.63) is 78.1 Å². The zero-order chi connectivity index (χ0) is 23.8. The quantitative estimate of drug-likeness (QED) is 0.512.